The summed E-state index contributed by atoms with van der Waals surface area (Å²) in [7, 11) is 0. The zero-order valence-corrected chi connectivity index (χ0v) is 21.2. The lowest BCUT2D eigenvalue weighted by molar-refractivity contribution is -0.138. The maximum absolute atomic E-state index is 12.9. The van der Waals surface area contributed by atoms with E-state index in [2.05, 4.69) is 26.6 Å². The summed E-state index contributed by atoms with van der Waals surface area (Å²) >= 11 is 0. The Labute approximate surface area is 223 Å². The third-order valence-electron chi connectivity index (χ3n) is 4.82. The molecular weight excluding hydrogens is 524 g/mol. The van der Waals surface area contributed by atoms with Crippen molar-refractivity contribution in [2.45, 2.75) is 44.2 Å². The van der Waals surface area contributed by atoms with Crippen LogP contribution in [0.25, 0.3) is 0 Å². The van der Waals surface area contributed by atoms with Gasteiger partial charge >= 0.3 is 11.9 Å². The van der Waals surface area contributed by atoms with Gasteiger partial charge in [0, 0.05) is 6.42 Å². The topological polar surface area (TPSA) is 301 Å². The molecular formula is C21H36N8O10. The molecule has 12 N–H and O–H groups in total. The third kappa shape index (κ3) is 17.7. The number of amides is 6. The van der Waals surface area contributed by atoms with Gasteiger partial charge in [-0.2, -0.15) is 0 Å². The molecule has 18 nitrogen and oxygen atoms in total. The van der Waals surface area contributed by atoms with E-state index in [1.54, 1.807) is 0 Å². The van der Waals surface area contributed by atoms with Gasteiger partial charge in [-0.3, -0.25) is 38.4 Å². The number of aliphatic carboxylic acids is 2. The highest BCUT2D eigenvalue weighted by atomic mass is 16.4. The van der Waals surface area contributed by atoms with E-state index < -0.39 is 92.1 Å². The Hall–Kier alpha value is -4.32. The van der Waals surface area contributed by atoms with Gasteiger partial charge in [0.05, 0.1) is 26.2 Å². The van der Waals surface area contributed by atoms with E-state index in [0.29, 0.717) is 19.4 Å². The number of carbonyl (C=O) groups excluding carboxylic acids is 6. The first-order valence-electron chi connectivity index (χ1n) is 11.9. The number of nitrogens with one attached hydrogen (secondary N) is 6. The minimum Gasteiger partial charge on any atom is -0.481 e. The van der Waals surface area contributed by atoms with Gasteiger partial charge in [0.15, 0.2) is 0 Å². The number of unbranched alkanes of at least 4 members (excludes halogenated alkanes) is 1. The van der Waals surface area contributed by atoms with Gasteiger partial charge in [-0.1, -0.05) is 0 Å². The second-order valence-corrected chi connectivity index (χ2v) is 8.04. The summed E-state index contributed by atoms with van der Waals surface area (Å²) < 4.78 is 0. The van der Waals surface area contributed by atoms with Crippen molar-refractivity contribution < 1.29 is 48.6 Å². The smallest absolute Gasteiger partial charge is 0.322 e. The average Bonchev–Trinajstić information content (AvgIpc) is 2.89. The molecule has 0 aromatic rings. The van der Waals surface area contributed by atoms with Gasteiger partial charge < -0.3 is 53.6 Å². The van der Waals surface area contributed by atoms with Crippen LogP contribution in [0.4, 0.5) is 0 Å². The summed E-state index contributed by atoms with van der Waals surface area (Å²) in [5, 5.41) is 31.0. The fraction of sp³-hybridized carbons (Fsp3) is 0.619. The van der Waals surface area contributed by atoms with Crippen LogP contribution in [0.5, 0.6) is 0 Å². The fourth-order valence-electron chi connectivity index (χ4n) is 2.84. The minimum absolute atomic E-state index is 0.0974. The fourth-order valence-corrected chi connectivity index (χ4v) is 2.84. The molecule has 0 spiro atoms. The van der Waals surface area contributed by atoms with Gasteiger partial charge in [-0.25, -0.2) is 0 Å². The van der Waals surface area contributed by atoms with E-state index in [9.17, 15) is 38.4 Å². The molecule has 0 aliphatic heterocycles. The molecule has 0 aliphatic rings. The van der Waals surface area contributed by atoms with Crippen LogP contribution in [-0.2, 0) is 38.4 Å². The Morgan fingerprint density at radius 3 is 1.67 bits per heavy atom. The Morgan fingerprint density at radius 2 is 1.10 bits per heavy atom. The van der Waals surface area contributed by atoms with Crippen LogP contribution in [0.1, 0.15) is 32.1 Å². The van der Waals surface area contributed by atoms with Crippen molar-refractivity contribution in [3.05, 3.63) is 0 Å². The van der Waals surface area contributed by atoms with Crippen LogP contribution in [0.3, 0.4) is 0 Å². The maximum atomic E-state index is 12.9. The quantitative estimate of drug-likeness (QED) is 0.0623. The number of carboxylic acids is 2. The van der Waals surface area contributed by atoms with Crippen molar-refractivity contribution in [3.8, 4) is 0 Å². The molecule has 0 aliphatic carbocycles. The first-order valence-corrected chi connectivity index (χ1v) is 11.9. The standard InChI is InChI=1S/C21H36N8O10/c22-6-2-1-3-12(28-17(33)10-25-15(31)8-24-14(30)7-23)21(39)29-13(4-5-18(34)35)20(38)27-9-16(32)26-11-19(36)37/h12-13H,1-11,22-23H2,(H,24,30)(H,25,31)(H,26,32)(H,27,38)(H,28,33)(H,29,39)(H,34,35)(H,36,37)/t12-,13-/m0/s1. The number of hydrogen-bond donors (Lipinski definition) is 10. The van der Waals surface area contributed by atoms with Crippen molar-refractivity contribution in [3.63, 3.8) is 0 Å². The number of nitrogens with two attached hydrogens (primary N) is 2. The molecule has 0 aromatic heterocycles. The number of hydrogen-bond acceptors (Lipinski definition) is 10. The summed E-state index contributed by atoms with van der Waals surface area (Å²) in [6, 6.07) is -2.59. The highest BCUT2D eigenvalue weighted by Gasteiger charge is 2.27. The molecule has 18 heteroatoms. The number of rotatable bonds is 20. The van der Waals surface area contributed by atoms with Crippen molar-refractivity contribution >= 4 is 47.4 Å². The Bertz CT molecular complexity index is 898. The predicted molar refractivity (Wildman–Crippen MR) is 132 cm³/mol. The van der Waals surface area contributed by atoms with Crippen LogP contribution in [0.2, 0.25) is 0 Å². The highest BCUT2D eigenvalue weighted by Crippen LogP contribution is 2.04. The van der Waals surface area contributed by atoms with Crippen LogP contribution in [0, 0.1) is 0 Å². The minimum atomic E-state index is -1.40. The van der Waals surface area contributed by atoms with Crippen molar-refractivity contribution in [2.75, 3.05) is 39.3 Å². The Morgan fingerprint density at radius 1 is 0.564 bits per heavy atom. The van der Waals surface area contributed by atoms with Crippen molar-refractivity contribution in [1.82, 2.24) is 31.9 Å². The normalized spacial score (nSPS) is 11.7. The first-order chi connectivity index (χ1) is 18.4. The van der Waals surface area contributed by atoms with E-state index in [1.807, 2.05) is 5.32 Å². The van der Waals surface area contributed by atoms with Gasteiger partial charge in [0.1, 0.15) is 18.6 Å². The van der Waals surface area contributed by atoms with Gasteiger partial charge in [-0.15, -0.1) is 0 Å². The lowest BCUT2D eigenvalue weighted by Gasteiger charge is -2.23. The van der Waals surface area contributed by atoms with Crippen LogP contribution in [-0.4, -0.2) is 109 Å². The van der Waals surface area contributed by atoms with E-state index in [-0.39, 0.29) is 19.4 Å². The van der Waals surface area contributed by atoms with E-state index >= 15 is 0 Å². The monoisotopic (exact) mass is 560 g/mol. The molecule has 39 heavy (non-hydrogen) atoms. The zero-order valence-electron chi connectivity index (χ0n) is 21.2. The van der Waals surface area contributed by atoms with Crippen LogP contribution in [0.15, 0.2) is 0 Å². The summed E-state index contributed by atoms with van der Waals surface area (Å²) in [5.74, 6) is -7.15. The molecule has 0 aromatic carbocycles. The van der Waals surface area contributed by atoms with Gasteiger partial charge in [-0.05, 0) is 32.2 Å². The predicted octanol–water partition coefficient (Wildman–Crippen LogP) is -5.54. The number of carbonyl (C=O) groups is 8. The zero-order chi connectivity index (χ0) is 29.8. The first kappa shape index (κ1) is 34.7. The highest BCUT2D eigenvalue weighted by molar-refractivity contribution is 5.94. The van der Waals surface area contributed by atoms with Gasteiger partial charge in [0.2, 0.25) is 35.4 Å². The Balaban J connectivity index is 5.21. The van der Waals surface area contributed by atoms with Crippen molar-refractivity contribution in [1.29, 1.82) is 0 Å². The summed E-state index contributed by atoms with van der Waals surface area (Å²) in [6.07, 6.45) is 0.145. The molecule has 0 radical (unpaired) electrons. The molecule has 0 saturated heterocycles. The molecule has 220 valence electrons. The SMILES string of the molecule is NCCCC[C@H](NC(=O)CNC(=O)CNC(=O)CN)C(=O)N[C@@H](CCC(=O)O)C(=O)NCC(=O)NCC(=O)O. The molecule has 6 amide bonds. The second-order valence-electron chi connectivity index (χ2n) is 8.04. The second kappa shape index (κ2) is 19.7. The molecule has 0 heterocycles. The van der Waals surface area contributed by atoms with Crippen LogP contribution >= 0.6 is 0 Å². The molecule has 0 rings (SSSR count). The van der Waals surface area contributed by atoms with E-state index in [0.717, 1.165) is 0 Å². The summed E-state index contributed by atoms with van der Waals surface area (Å²) in [4.78, 5) is 93.8. The molecule has 2 atom stereocenters. The molecule has 0 fully saturated rings. The summed E-state index contributed by atoms with van der Waals surface area (Å²) in [5.41, 5.74) is 10.6. The average molecular weight is 561 g/mol. The molecule has 0 unspecified atom stereocenters. The lowest BCUT2D eigenvalue weighted by atomic mass is 10.1. The third-order valence-corrected chi connectivity index (χ3v) is 4.82. The Kier molecular flexibility index (Phi) is 17.6. The maximum Gasteiger partial charge on any atom is 0.322 e. The van der Waals surface area contributed by atoms with E-state index in [1.165, 1.54) is 0 Å². The van der Waals surface area contributed by atoms with Crippen LogP contribution < -0.4 is 43.4 Å². The van der Waals surface area contributed by atoms with E-state index in [4.69, 9.17) is 21.7 Å². The summed E-state index contributed by atoms with van der Waals surface area (Å²) in [6.45, 7) is -2.28. The number of carboxylic acid groups (broad SMARTS) is 2. The van der Waals surface area contributed by atoms with Gasteiger partial charge in [0.25, 0.3) is 0 Å². The molecule has 0 bridgehead atoms. The lowest BCUT2D eigenvalue weighted by Crippen LogP contribution is -2.55. The van der Waals surface area contributed by atoms with Crippen molar-refractivity contribution in [2.24, 2.45) is 11.5 Å². The molecule has 0 saturated carbocycles. The largest absolute Gasteiger partial charge is 0.481 e.